The second-order valence-corrected chi connectivity index (χ2v) is 6.85. The number of carbonyl (C=O) groups is 1. The minimum atomic E-state index is -0.0528. The van der Waals surface area contributed by atoms with Crippen LogP contribution in [0.1, 0.15) is 17.0 Å². The highest BCUT2D eigenvalue weighted by atomic mass is 16.5. The van der Waals surface area contributed by atoms with Gasteiger partial charge in [0.05, 0.1) is 25.5 Å². The number of para-hydroxylation sites is 1. The Bertz CT molecular complexity index is 768. The predicted molar refractivity (Wildman–Crippen MR) is 98.9 cm³/mol. The number of morpholine rings is 1. The van der Waals surface area contributed by atoms with Crippen molar-refractivity contribution in [3.8, 4) is 0 Å². The summed E-state index contributed by atoms with van der Waals surface area (Å²) in [6.45, 7) is 5.57. The number of ether oxygens (including phenoxy) is 1. The van der Waals surface area contributed by atoms with E-state index in [1.165, 1.54) is 11.3 Å². The lowest BCUT2D eigenvalue weighted by molar-refractivity contribution is 0.0334. The Morgan fingerprint density at radius 2 is 1.96 bits per heavy atom. The fraction of sp³-hybridized carbons (Fsp3) is 0.474. The molecule has 138 valence electrons. The first-order chi connectivity index (χ1) is 12.7. The van der Waals surface area contributed by atoms with Crippen LogP contribution in [0.2, 0.25) is 0 Å². The molecule has 2 amide bonds. The quantitative estimate of drug-likeness (QED) is 0.913. The molecular formula is C19H25N5O2. The lowest BCUT2D eigenvalue weighted by Gasteiger charge is -2.29. The molecule has 2 aliphatic heterocycles. The number of hydrogen-bond acceptors (Lipinski definition) is 4. The maximum Gasteiger partial charge on any atom is 0.322 e. The molecule has 26 heavy (non-hydrogen) atoms. The summed E-state index contributed by atoms with van der Waals surface area (Å²) in [5.41, 5.74) is 4.36. The molecule has 1 fully saturated rings. The smallest absolute Gasteiger partial charge is 0.322 e. The number of benzene rings is 1. The molecule has 4 rings (SSSR count). The molecule has 2 aromatic rings. The summed E-state index contributed by atoms with van der Waals surface area (Å²) in [5, 5.41) is 7.72. The van der Waals surface area contributed by atoms with Crippen LogP contribution in [0.5, 0.6) is 0 Å². The lowest BCUT2D eigenvalue weighted by atomic mass is 10.0. The SMILES string of the molecule is Cn1nc(CN2CCOCC2)c2c1CCN(C(=O)Nc1ccccc1)C2. The van der Waals surface area contributed by atoms with Crippen molar-refractivity contribution in [1.29, 1.82) is 0 Å². The van der Waals surface area contributed by atoms with Crippen LogP contribution in [0.4, 0.5) is 10.5 Å². The van der Waals surface area contributed by atoms with Gasteiger partial charge in [-0.05, 0) is 12.1 Å². The van der Waals surface area contributed by atoms with Crippen molar-refractivity contribution in [3.63, 3.8) is 0 Å². The van der Waals surface area contributed by atoms with E-state index >= 15 is 0 Å². The van der Waals surface area contributed by atoms with Gasteiger partial charge in [0, 0.05) is 56.6 Å². The number of urea groups is 1. The fourth-order valence-corrected chi connectivity index (χ4v) is 3.67. The predicted octanol–water partition coefficient (Wildman–Crippen LogP) is 1.84. The number of nitrogens with zero attached hydrogens (tertiary/aromatic N) is 4. The van der Waals surface area contributed by atoms with E-state index in [0.717, 1.165) is 50.7 Å². The summed E-state index contributed by atoms with van der Waals surface area (Å²) >= 11 is 0. The molecule has 1 aromatic carbocycles. The van der Waals surface area contributed by atoms with Crippen molar-refractivity contribution in [3.05, 3.63) is 47.3 Å². The van der Waals surface area contributed by atoms with Gasteiger partial charge in [0.1, 0.15) is 0 Å². The van der Waals surface area contributed by atoms with Crippen molar-refractivity contribution in [1.82, 2.24) is 19.6 Å². The molecular weight excluding hydrogens is 330 g/mol. The van der Waals surface area contributed by atoms with Crippen molar-refractivity contribution in [2.24, 2.45) is 7.05 Å². The monoisotopic (exact) mass is 355 g/mol. The largest absolute Gasteiger partial charge is 0.379 e. The zero-order chi connectivity index (χ0) is 17.9. The van der Waals surface area contributed by atoms with Crippen LogP contribution in [-0.2, 0) is 31.3 Å². The topological polar surface area (TPSA) is 62.6 Å². The third-order valence-corrected chi connectivity index (χ3v) is 5.11. The molecule has 1 aromatic heterocycles. The molecule has 3 heterocycles. The zero-order valence-electron chi connectivity index (χ0n) is 15.1. The molecule has 1 saturated heterocycles. The molecule has 0 bridgehead atoms. The minimum Gasteiger partial charge on any atom is -0.379 e. The van der Waals surface area contributed by atoms with Gasteiger partial charge in [0.25, 0.3) is 0 Å². The van der Waals surface area contributed by atoms with E-state index in [1.54, 1.807) is 0 Å². The summed E-state index contributed by atoms with van der Waals surface area (Å²) in [6.07, 6.45) is 0.837. The van der Waals surface area contributed by atoms with Crippen molar-refractivity contribution in [2.75, 3.05) is 38.2 Å². The highest BCUT2D eigenvalue weighted by Gasteiger charge is 2.27. The Kier molecular flexibility index (Phi) is 4.90. The van der Waals surface area contributed by atoms with Crippen LogP contribution in [0.3, 0.4) is 0 Å². The molecule has 7 nitrogen and oxygen atoms in total. The number of anilines is 1. The van der Waals surface area contributed by atoms with Gasteiger partial charge in [-0.3, -0.25) is 9.58 Å². The van der Waals surface area contributed by atoms with E-state index < -0.39 is 0 Å². The average Bonchev–Trinajstić information content (AvgIpc) is 2.98. The van der Waals surface area contributed by atoms with Crippen LogP contribution in [-0.4, -0.2) is 58.5 Å². The Morgan fingerprint density at radius 3 is 2.73 bits per heavy atom. The molecule has 0 radical (unpaired) electrons. The Labute approximate surface area is 153 Å². The average molecular weight is 355 g/mol. The van der Waals surface area contributed by atoms with Gasteiger partial charge in [0.2, 0.25) is 0 Å². The minimum absolute atomic E-state index is 0.0528. The van der Waals surface area contributed by atoms with E-state index in [-0.39, 0.29) is 6.03 Å². The van der Waals surface area contributed by atoms with Gasteiger partial charge in [-0.1, -0.05) is 18.2 Å². The van der Waals surface area contributed by atoms with Gasteiger partial charge in [-0.2, -0.15) is 5.10 Å². The standard InChI is InChI=1S/C19H25N5O2/c1-22-18-7-8-24(19(25)20-15-5-3-2-4-6-15)13-16(18)17(21-22)14-23-9-11-26-12-10-23/h2-6H,7-14H2,1H3,(H,20,25). The van der Waals surface area contributed by atoms with E-state index in [2.05, 4.69) is 10.2 Å². The highest BCUT2D eigenvalue weighted by molar-refractivity contribution is 5.89. The third kappa shape index (κ3) is 3.59. The summed E-state index contributed by atoms with van der Waals surface area (Å²) in [7, 11) is 2.00. The third-order valence-electron chi connectivity index (χ3n) is 5.11. The molecule has 0 unspecified atom stereocenters. The van der Waals surface area contributed by atoms with Crippen LogP contribution < -0.4 is 5.32 Å². The van der Waals surface area contributed by atoms with Crippen LogP contribution in [0.25, 0.3) is 0 Å². The van der Waals surface area contributed by atoms with Crippen molar-refractivity contribution >= 4 is 11.7 Å². The molecule has 2 aliphatic rings. The van der Waals surface area contributed by atoms with E-state index in [1.807, 2.05) is 47.0 Å². The van der Waals surface area contributed by atoms with Gasteiger partial charge in [-0.25, -0.2) is 4.79 Å². The van der Waals surface area contributed by atoms with E-state index in [4.69, 9.17) is 9.84 Å². The van der Waals surface area contributed by atoms with Crippen LogP contribution in [0, 0.1) is 0 Å². The Hall–Kier alpha value is -2.38. The molecule has 0 atom stereocenters. The summed E-state index contributed by atoms with van der Waals surface area (Å²) in [5.74, 6) is 0. The lowest BCUT2D eigenvalue weighted by Crippen LogP contribution is -2.40. The van der Waals surface area contributed by atoms with Gasteiger partial charge in [0.15, 0.2) is 0 Å². The number of fused-ring (bicyclic) bond motifs is 1. The number of amides is 2. The number of rotatable bonds is 3. The molecule has 0 aliphatic carbocycles. The van der Waals surface area contributed by atoms with Gasteiger partial charge >= 0.3 is 6.03 Å². The molecule has 0 saturated carbocycles. The number of aromatic nitrogens is 2. The first-order valence-electron chi connectivity index (χ1n) is 9.15. The number of nitrogens with one attached hydrogen (secondary N) is 1. The first-order valence-corrected chi connectivity index (χ1v) is 9.15. The molecule has 0 spiro atoms. The number of hydrogen-bond donors (Lipinski definition) is 1. The summed E-state index contributed by atoms with van der Waals surface area (Å²) < 4.78 is 7.42. The maximum absolute atomic E-state index is 12.6. The second kappa shape index (κ2) is 7.47. The van der Waals surface area contributed by atoms with Crippen LogP contribution >= 0.6 is 0 Å². The van der Waals surface area contributed by atoms with Crippen LogP contribution in [0.15, 0.2) is 30.3 Å². The Morgan fingerprint density at radius 1 is 1.19 bits per heavy atom. The first kappa shape index (κ1) is 17.1. The fourth-order valence-electron chi connectivity index (χ4n) is 3.67. The zero-order valence-corrected chi connectivity index (χ0v) is 15.1. The van der Waals surface area contributed by atoms with E-state index in [9.17, 15) is 4.79 Å². The highest BCUT2D eigenvalue weighted by Crippen LogP contribution is 2.24. The number of aryl methyl sites for hydroxylation is 1. The summed E-state index contributed by atoms with van der Waals surface area (Å²) in [6, 6.07) is 9.54. The second-order valence-electron chi connectivity index (χ2n) is 6.85. The molecule has 7 heteroatoms. The van der Waals surface area contributed by atoms with Crippen molar-refractivity contribution < 1.29 is 9.53 Å². The summed E-state index contributed by atoms with van der Waals surface area (Å²) in [4.78, 5) is 16.9. The molecule has 1 N–H and O–H groups in total. The normalized spacial score (nSPS) is 17.8. The Balaban J connectivity index is 1.47. The maximum atomic E-state index is 12.6. The van der Waals surface area contributed by atoms with E-state index in [0.29, 0.717) is 13.1 Å². The van der Waals surface area contributed by atoms with Crippen molar-refractivity contribution in [2.45, 2.75) is 19.5 Å². The van der Waals surface area contributed by atoms with Gasteiger partial charge < -0.3 is 15.0 Å². The number of carbonyl (C=O) groups excluding carboxylic acids is 1. The van der Waals surface area contributed by atoms with Gasteiger partial charge in [-0.15, -0.1) is 0 Å².